The van der Waals surface area contributed by atoms with Crippen LogP contribution in [-0.2, 0) is 17.0 Å². The van der Waals surface area contributed by atoms with E-state index < -0.39 is 0 Å². The number of rotatable bonds is 9. The van der Waals surface area contributed by atoms with E-state index in [0.29, 0.717) is 11.7 Å². The molecule has 1 N–H and O–H groups in total. The molecule has 134 valence electrons. The standard InChI is InChI=1S/C22H29NOS/c1-17(2)21-12-10-19(11-13-21)5-4-14-23-22(24)16-25-15-20-8-6-18(3)7-9-20/h6-13,17H,4-5,14-16H2,1-3H3,(H,23,24). The normalized spacial score (nSPS) is 10.9. The Kier molecular flexibility index (Phi) is 8.07. The van der Waals surface area contributed by atoms with E-state index in [-0.39, 0.29) is 5.91 Å². The minimum absolute atomic E-state index is 0.132. The predicted molar refractivity (Wildman–Crippen MR) is 109 cm³/mol. The van der Waals surface area contributed by atoms with Crippen LogP contribution >= 0.6 is 11.8 Å². The fraction of sp³-hybridized carbons (Fsp3) is 0.409. The number of nitrogens with one attached hydrogen (secondary N) is 1. The van der Waals surface area contributed by atoms with E-state index in [4.69, 9.17) is 0 Å². The summed E-state index contributed by atoms with van der Waals surface area (Å²) in [6.07, 6.45) is 1.99. The van der Waals surface area contributed by atoms with E-state index in [0.717, 1.165) is 25.1 Å². The van der Waals surface area contributed by atoms with E-state index in [9.17, 15) is 4.79 Å². The second-order valence-electron chi connectivity index (χ2n) is 6.83. The van der Waals surface area contributed by atoms with Gasteiger partial charge in [-0.15, -0.1) is 11.8 Å². The van der Waals surface area contributed by atoms with E-state index in [1.165, 1.54) is 22.3 Å². The molecule has 0 aliphatic rings. The van der Waals surface area contributed by atoms with E-state index in [1.54, 1.807) is 11.8 Å². The highest BCUT2D eigenvalue weighted by atomic mass is 32.2. The summed E-state index contributed by atoms with van der Waals surface area (Å²) in [4.78, 5) is 11.9. The Labute approximate surface area is 156 Å². The summed E-state index contributed by atoms with van der Waals surface area (Å²) < 4.78 is 0. The highest BCUT2D eigenvalue weighted by Gasteiger charge is 2.03. The molecule has 0 fully saturated rings. The van der Waals surface area contributed by atoms with Crippen molar-refractivity contribution in [3.05, 3.63) is 70.8 Å². The average Bonchev–Trinajstić information content (AvgIpc) is 2.61. The molecule has 0 spiro atoms. The highest BCUT2D eigenvalue weighted by molar-refractivity contribution is 7.99. The minimum Gasteiger partial charge on any atom is -0.355 e. The summed E-state index contributed by atoms with van der Waals surface area (Å²) in [6.45, 7) is 7.25. The molecule has 3 heteroatoms. The lowest BCUT2D eigenvalue weighted by atomic mass is 10.0. The molecule has 2 aromatic rings. The number of aryl methyl sites for hydroxylation is 2. The lowest BCUT2D eigenvalue weighted by molar-refractivity contribution is -0.118. The molecule has 0 atom stereocenters. The molecule has 0 aromatic heterocycles. The number of amides is 1. The van der Waals surface area contributed by atoms with Gasteiger partial charge in [0.2, 0.25) is 5.91 Å². The van der Waals surface area contributed by atoms with E-state index >= 15 is 0 Å². The smallest absolute Gasteiger partial charge is 0.230 e. The maximum Gasteiger partial charge on any atom is 0.230 e. The second-order valence-corrected chi connectivity index (χ2v) is 7.81. The molecule has 0 heterocycles. The molecule has 0 aliphatic carbocycles. The Morgan fingerprint density at radius 1 is 1.00 bits per heavy atom. The zero-order valence-electron chi connectivity index (χ0n) is 15.5. The Hall–Kier alpha value is -1.74. The van der Waals surface area contributed by atoms with Gasteiger partial charge in [-0.1, -0.05) is 67.9 Å². The minimum atomic E-state index is 0.132. The van der Waals surface area contributed by atoms with Crippen molar-refractivity contribution in [1.29, 1.82) is 0 Å². The van der Waals surface area contributed by atoms with Crippen LogP contribution in [0.2, 0.25) is 0 Å². The summed E-state index contributed by atoms with van der Waals surface area (Å²) in [5, 5.41) is 3.02. The quantitative estimate of drug-likeness (QED) is 0.634. The van der Waals surface area contributed by atoms with Crippen LogP contribution in [0.4, 0.5) is 0 Å². The Morgan fingerprint density at radius 3 is 2.28 bits per heavy atom. The number of thioether (sulfide) groups is 1. The third-order valence-electron chi connectivity index (χ3n) is 4.23. The van der Waals surface area contributed by atoms with Gasteiger partial charge < -0.3 is 5.32 Å². The van der Waals surface area contributed by atoms with Gasteiger partial charge in [-0.2, -0.15) is 0 Å². The first-order valence-electron chi connectivity index (χ1n) is 9.03. The Morgan fingerprint density at radius 2 is 1.64 bits per heavy atom. The molecular weight excluding hydrogens is 326 g/mol. The zero-order valence-corrected chi connectivity index (χ0v) is 16.4. The monoisotopic (exact) mass is 355 g/mol. The van der Waals surface area contributed by atoms with E-state index in [2.05, 4.69) is 74.6 Å². The summed E-state index contributed by atoms with van der Waals surface area (Å²) in [5.74, 6) is 2.12. The van der Waals surface area contributed by atoms with Crippen molar-refractivity contribution in [3.8, 4) is 0 Å². The molecule has 2 nitrogen and oxygen atoms in total. The van der Waals surface area contributed by atoms with Crippen molar-refractivity contribution in [1.82, 2.24) is 5.32 Å². The van der Waals surface area contributed by atoms with Crippen LogP contribution in [0, 0.1) is 6.92 Å². The summed E-state index contributed by atoms with van der Waals surface area (Å²) in [7, 11) is 0. The molecular formula is C22H29NOS. The van der Waals surface area contributed by atoms with Crippen LogP contribution in [-0.4, -0.2) is 18.2 Å². The largest absolute Gasteiger partial charge is 0.355 e. The van der Waals surface area contributed by atoms with Gasteiger partial charge >= 0.3 is 0 Å². The van der Waals surface area contributed by atoms with Crippen LogP contribution in [0.3, 0.4) is 0 Å². The molecule has 2 rings (SSSR count). The van der Waals surface area contributed by atoms with Gasteiger partial charge in [0.05, 0.1) is 5.75 Å². The Bertz CT molecular complexity index is 647. The van der Waals surface area contributed by atoms with Crippen molar-refractivity contribution < 1.29 is 4.79 Å². The number of carbonyl (C=O) groups is 1. The molecule has 0 aliphatic heterocycles. The molecule has 25 heavy (non-hydrogen) atoms. The number of hydrogen-bond donors (Lipinski definition) is 1. The Balaban J connectivity index is 1.58. The van der Waals surface area contributed by atoms with Gasteiger partial charge in [0.25, 0.3) is 0 Å². The number of hydrogen-bond acceptors (Lipinski definition) is 2. The SMILES string of the molecule is Cc1ccc(CSCC(=O)NCCCc2ccc(C(C)C)cc2)cc1. The van der Waals surface area contributed by atoms with Crippen LogP contribution in [0.15, 0.2) is 48.5 Å². The van der Waals surface area contributed by atoms with Gasteiger partial charge in [0, 0.05) is 12.3 Å². The fourth-order valence-electron chi connectivity index (χ4n) is 2.59. The molecule has 0 bridgehead atoms. The molecule has 0 saturated heterocycles. The van der Waals surface area contributed by atoms with Crippen molar-refractivity contribution in [2.45, 2.75) is 45.3 Å². The van der Waals surface area contributed by atoms with Crippen LogP contribution in [0.1, 0.15) is 48.4 Å². The first-order valence-corrected chi connectivity index (χ1v) is 10.2. The third-order valence-corrected chi connectivity index (χ3v) is 5.24. The topological polar surface area (TPSA) is 29.1 Å². The van der Waals surface area contributed by atoms with Crippen molar-refractivity contribution in [2.75, 3.05) is 12.3 Å². The van der Waals surface area contributed by atoms with Crippen molar-refractivity contribution in [3.63, 3.8) is 0 Å². The third kappa shape index (κ3) is 7.35. The number of carbonyl (C=O) groups excluding carboxylic acids is 1. The van der Waals surface area contributed by atoms with E-state index in [1.807, 2.05) is 0 Å². The second kappa shape index (κ2) is 10.3. The van der Waals surface area contributed by atoms with Gasteiger partial charge in [0.15, 0.2) is 0 Å². The average molecular weight is 356 g/mol. The molecule has 0 radical (unpaired) electrons. The van der Waals surface area contributed by atoms with Gasteiger partial charge in [-0.05, 0) is 42.4 Å². The summed E-state index contributed by atoms with van der Waals surface area (Å²) in [5.41, 5.74) is 5.26. The highest BCUT2D eigenvalue weighted by Crippen LogP contribution is 2.15. The van der Waals surface area contributed by atoms with Crippen LogP contribution in [0.25, 0.3) is 0 Å². The van der Waals surface area contributed by atoms with Crippen molar-refractivity contribution >= 4 is 17.7 Å². The van der Waals surface area contributed by atoms with Crippen LogP contribution < -0.4 is 5.32 Å². The van der Waals surface area contributed by atoms with Gasteiger partial charge in [-0.3, -0.25) is 4.79 Å². The first-order chi connectivity index (χ1) is 12.0. The number of benzene rings is 2. The van der Waals surface area contributed by atoms with Gasteiger partial charge in [0.1, 0.15) is 0 Å². The van der Waals surface area contributed by atoms with Gasteiger partial charge in [-0.25, -0.2) is 0 Å². The first kappa shape index (κ1) is 19.6. The van der Waals surface area contributed by atoms with Crippen LogP contribution in [0.5, 0.6) is 0 Å². The molecule has 1 amide bonds. The molecule has 0 saturated carbocycles. The molecule has 2 aromatic carbocycles. The summed E-state index contributed by atoms with van der Waals surface area (Å²) in [6, 6.07) is 17.3. The fourth-order valence-corrected chi connectivity index (χ4v) is 3.40. The predicted octanol–water partition coefficient (Wildman–Crippen LogP) is 5.10. The van der Waals surface area contributed by atoms with Crippen molar-refractivity contribution in [2.24, 2.45) is 0 Å². The lowest BCUT2D eigenvalue weighted by Crippen LogP contribution is -2.26. The molecule has 0 unspecified atom stereocenters. The lowest BCUT2D eigenvalue weighted by Gasteiger charge is -2.08. The maximum atomic E-state index is 11.9. The maximum absolute atomic E-state index is 11.9. The summed E-state index contributed by atoms with van der Waals surface area (Å²) >= 11 is 1.67. The zero-order chi connectivity index (χ0) is 18.1.